The lowest BCUT2D eigenvalue weighted by atomic mass is 10.0. The van der Waals surface area contributed by atoms with Gasteiger partial charge in [-0.15, -0.1) is 11.3 Å². The number of nitrogens with zero attached hydrogens (tertiary/aromatic N) is 4. The number of thiazole rings is 1. The van der Waals surface area contributed by atoms with Crippen molar-refractivity contribution < 1.29 is 22.8 Å². The maximum atomic E-state index is 13.8. The molecule has 228 valence electrons. The minimum atomic E-state index is -3.86. The monoisotopic (exact) mass is 625 g/mol. The average molecular weight is 626 g/mol. The third kappa shape index (κ3) is 8.92. The average Bonchev–Trinajstić information content (AvgIpc) is 3.52. The first-order valence-corrected chi connectivity index (χ1v) is 16.3. The van der Waals surface area contributed by atoms with E-state index in [-0.39, 0.29) is 61.5 Å². The molecule has 2 aromatic carbocycles. The van der Waals surface area contributed by atoms with Crippen LogP contribution in [0.3, 0.4) is 0 Å². The number of carbonyl (C=O) groups excluding carboxylic acids is 3. The molecule has 4 rings (SSSR count). The molecule has 1 aromatic heterocycles. The molecule has 0 saturated carbocycles. The second-order valence-corrected chi connectivity index (χ2v) is 12.9. The molecule has 0 aliphatic carbocycles. The van der Waals surface area contributed by atoms with E-state index in [0.717, 1.165) is 16.9 Å². The number of nitrogens with two attached hydrogens (primary N) is 2. The first-order valence-electron chi connectivity index (χ1n) is 13.8. The van der Waals surface area contributed by atoms with Gasteiger partial charge in [-0.2, -0.15) is 4.31 Å². The van der Waals surface area contributed by atoms with Gasteiger partial charge >= 0.3 is 0 Å². The van der Waals surface area contributed by atoms with E-state index in [2.05, 4.69) is 15.3 Å². The number of sulfonamides is 1. The number of aromatic nitrogens is 1. The number of carbonyl (C=O) groups is 3. The number of benzene rings is 2. The predicted octanol–water partition coefficient (Wildman–Crippen LogP) is 1.15. The summed E-state index contributed by atoms with van der Waals surface area (Å²) in [5.41, 5.74) is 12.2. The molecule has 2 amide bonds. The molecule has 14 heteroatoms. The van der Waals surface area contributed by atoms with Crippen molar-refractivity contribution in [2.24, 2.45) is 16.5 Å². The zero-order valence-corrected chi connectivity index (χ0v) is 25.2. The first-order chi connectivity index (χ1) is 20.6. The summed E-state index contributed by atoms with van der Waals surface area (Å²) in [7, 11) is -3.86. The fourth-order valence-corrected chi connectivity index (χ4v) is 7.21. The molecule has 1 saturated heterocycles. The number of aliphatic imine (C=N–C) groups is 1. The van der Waals surface area contributed by atoms with Crippen molar-refractivity contribution in [1.82, 2.24) is 19.5 Å². The molecule has 3 aromatic rings. The quantitative estimate of drug-likeness (QED) is 0.103. The number of Topliss-reactive ketones (excluding diaryl/α,β-unsaturated/α-hetero) is 1. The van der Waals surface area contributed by atoms with E-state index in [0.29, 0.717) is 12.0 Å². The molecular formula is C29H35N7O5S2. The van der Waals surface area contributed by atoms with Crippen LogP contribution in [0, 0.1) is 0 Å². The van der Waals surface area contributed by atoms with Gasteiger partial charge in [-0.1, -0.05) is 60.7 Å². The van der Waals surface area contributed by atoms with Crippen molar-refractivity contribution in [1.29, 1.82) is 0 Å². The van der Waals surface area contributed by atoms with Crippen molar-refractivity contribution >= 4 is 44.9 Å². The fraction of sp³-hybridized carbons (Fsp3) is 0.345. The number of guanidine groups is 1. The van der Waals surface area contributed by atoms with E-state index in [1.54, 1.807) is 35.7 Å². The van der Waals surface area contributed by atoms with Gasteiger partial charge in [0.05, 0.1) is 18.3 Å². The van der Waals surface area contributed by atoms with Gasteiger partial charge < -0.3 is 21.7 Å². The summed E-state index contributed by atoms with van der Waals surface area (Å²) in [6, 6.07) is 16.0. The Kier molecular flexibility index (Phi) is 11.0. The number of ketones is 1. The lowest BCUT2D eigenvalue weighted by molar-refractivity contribution is -0.142. The smallest absolute Gasteiger partial charge is 0.241 e. The third-order valence-electron chi connectivity index (χ3n) is 6.93. The Balaban J connectivity index is 1.49. The molecule has 2 atom stereocenters. The SMILES string of the molecule is NC(N)=NCCC[C@H](NC(=O)CN1CCN(S(=O)(=O)Cc2ccccc2)[C@H](Cc2ccccc2)C1=O)C(=O)c1nccs1. The highest BCUT2D eigenvalue weighted by molar-refractivity contribution is 7.88. The molecule has 2 heterocycles. The molecule has 5 N–H and O–H groups in total. The van der Waals surface area contributed by atoms with E-state index in [4.69, 9.17) is 11.5 Å². The highest BCUT2D eigenvalue weighted by Gasteiger charge is 2.41. The van der Waals surface area contributed by atoms with Crippen molar-refractivity contribution in [2.75, 3.05) is 26.2 Å². The van der Waals surface area contributed by atoms with Crippen molar-refractivity contribution in [3.8, 4) is 0 Å². The number of hydrogen-bond donors (Lipinski definition) is 3. The van der Waals surface area contributed by atoms with Gasteiger partial charge in [0.2, 0.25) is 27.6 Å². The highest BCUT2D eigenvalue weighted by atomic mass is 32.2. The zero-order chi connectivity index (χ0) is 30.8. The molecule has 43 heavy (non-hydrogen) atoms. The molecule has 0 unspecified atom stereocenters. The molecule has 1 fully saturated rings. The summed E-state index contributed by atoms with van der Waals surface area (Å²) in [6.45, 7) is 0.0119. The Morgan fingerprint density at radius 2 is 1.72 bits per heavy atom. The van der Waals surface area contributed by atoms with E-state index in [1.165, 1.54) is 15.4 Å². The lowest BCUT2D eigenvalue weighted by Gasteiger charge is -2.39. The minimum absolute atomic E-state index is 0.0289. The first kappa shape index (κ1) is 31.8. The third-order valence-corrected chi connectivity index (χ3v) is 9.57. The van der Waals surface area contributed by atoms with Crippen LogP contribution in [0.4, 0.5) is 0 Å². The predicted molar refractivity (Wildman–Crippen MR) is 165 cm³/mol. The topological polar surface area (TPSA) is 181 Å². The van der Waals surface area contributed by atoms with Gasteiger partial charge in [-0.3, -0.25) is 19.4 Å². The van der Waals surface area contributed by atoms with Crippen molar-refractivity contribution in [2.45, 2.75) is 37.1 Å². The van der Waals surface area contributed by atoms with Crippen LogP contribution in [0.2, 0.25) is 0 Å². The van der Waals surface area contributed by atoms with Crippen molar-refractivity contribution in [3.63, 3.8) is 0 Å². The Labute approximate surface area is 254 Å². The number of rotatable bonds is 14. The Bertz CT molecular complexity index is 1510. The molecule has 1 aliphatic rings. The normalized spacial score (nSPS) is 16.4. The molecule has 0 spiro atoms. The summed E-state index contributed by atoms with van der Waals surface area (Å²) in [6.07, 6.45) is 2.35. The Morgan fingerprint density at radius 1 is 1.05 bits per heavy atom. The molecule has 0 bridgehead atoms. The van der Waals surface area contributed by atoms with E-state index in [9.17, 15) is 22.8 Å². The second-order valence-electron chi connectivity index (χ2n) is 10.1. The standard InChI is InChI=1S/C29H35N7O5S2/c30-29(31)33-13-7-12-23(26(38)27-32-14-17-42-27)34-25(37)19-35-15-16-36(43(40,41)20-22-10-5-2-6-11-22)24(28(35)39)18-21-8-3-1-4-9-21/h1-6,8-11,14,17,23-24H,7,12-13,15-16,18-20H2,(H,34,37)(H4,30,31,33)/t23-,24+/m0/s1. The Hall–Kier alpha value is -4.14. The summed E-state index contributed by atoms with van der Waals surface area (Å²) in [4.78, 5) is 49.4. The largest absolute Gasteiger partial charge is 0.370 e. The Morgan fingerprint density at radius 3 is 2.35 bits per heavy atom. The summed E-state index contributed by atoms with van der Waals surface area (Å²) >= 11 is 1.16. The molecule has 1 aliphatic heterocycles. The summed E-state index contributed by atoms with van der Waals surface area (Å²) < 4.78 is 28.3. The zero-order valence-electron chi connectivity index (χ0n) is 23.5. The summed E-state index contributed by atoms with van der Waals surface area (Å²) in [5.74, 6) is -1.67. The number of amides is 2. The number of hydrogen-bond acceptors (Lipinski definition) is 8. The fourth-order valence-electron chi connectivity index (χ4n) is 4.88. The van der Waals surface area contributed by atoms with Gasteiger partial charge in [0.25, 0.3) is 0 Å². The van der Waals surface area contributed by atoms with Crippen LogP contribution < -0.4 is 16.8 Å². The van der Waals surface area contributed by atoms with Gasteiger partial charge in [-0.25, -0.2) is 13.4 Å². The van der Waals surface area contributed by atoms with Crippen LogP contribution in [0.15, 0.2) is 77.2 Å². The lowest BCUT2D eigenvalue weighted by Crippen LogP contribution is -2.61. The molecule has 12 nitrogen and oxygen atoms in total. The summed E-state index contributed by atoms with van der Waals surface area (Å²) in [5, 5.41) is 4.66. The van der Waals surface area contributed by atoms with E-state index < -0.39 is 33.9 Å². The number of piperazine rings is 1. The van der Waals surface area contributed by atoms with Crippen LogP contribution in [0.25, 0.3) is 0 Å². The van der Waals surface area contributed by atoms with Gasteiger partial charge in [-0.05, 0) is 30.4 Å². The van der Waals surface area contributed by atoms with Gasteiger partial charge in [0, 0.05) is 31.2 Å². The van der Waals surface area contributed by atoms with Gasteiger partial charge in [0.1, 0.15) is 6.04 Å². The van der Waals surface area contributed by atoms with Gasteiger partial charge in [0.15, 0.2) is 11.0 Å². The van der Waals surface area contributed by atoms with Crippen LogP contribution in [-0.4, -0.2) is 84.4 Å². The highest BCUT2D eigenvalue weighted by Crippen LogP contribution is 2.23. The maximum Gasteiger partial charge on any atom is 0.241 e. The second kappa shape index (κ2) is 14.8. The van der Waals surface area contributed by atoms with Crippen LogP contribution in [0.1, 0.15) is 33.8 Å². The minimum Gasteiger partial charge on any atom is -0.370 e. The molecular weight excluding hydrogens is 590 g/mol. The van der Waals surface area contributed by atoms with Crippen molar-refractivity contribution in [3.05, 3.63) is 88.4 Å². The van der Waals surface area contributed by atoms with Crippen LogP contribution >= 0.6 is 11.3 Å². The van der Waals surface area contributed by atoms with E-state index >= 15 is 0 Å². The van der Waals surface area contributed by atoms with Crippen LogP contribution in [-0.2, 0) is 31.8 Å². The number of nitrogens with one attached hydrogen (secondary N) is 1. The van der Waals surface area contributed by atoms with Crippen LogP contribution in [0.5, 0.6) is 0 Å². The van der Waals surface area contributed by atoms with E-state index in [1.807, 2.05) is 30.3 Å². The maximum absolute atomic E-state index is 13.8. The molecule has 0 radical (unpaired) electrons.